The summed E-state index contributed by atoms with van der Waals surface area (Å²) in [5, 5.41) is 8.32. The van der Waals surface area contributed by atoms with Gasteiger partial charge < -0.3 is 29.7 Å². The van der Waals surface area contributed by atoms with Crippen LogP contribution in [0.4, 0.5) is 10.8 Å². The highest BCUT2D eigenvalue weighted by atomic mass is 32.1. The molecule has 1 atom stereocenters. The van der Waals surface area contributed by atoms with Crippen molar-refractivity contribution < 1.29 is 23.8 Å². The molecule has 0 aliphatic carbocycles. The van der Waals surface area contributed by atoms with Crippen molar-refractivity contribution in [3.63, 3.8) is 0 Å². The van der Waals surface area contributed by atoms with Gasteiger partial charge in [0.25, 0.3) is 11.8 Å². The third kappa shape index (κ3) is 6.85. The maximum Gasteiger partial charge on any atom is 0.275 e. The van der Waals surface area contributed by atoms with Crippen LogP contribution < -0.4 is 15.5 Å². The lowest BCUT2D eigenvalue weighted by Gasteiger charge is -2.42. The highest BCUT2D eigenvalue weighted by molar-refractivity contribution is 7.14. The van der Waals surface area contributed by atoms with Crippen molar-refractivity contribution in [2.24, 2.45) is 0 Å². The molecule has 0 saturated carbocycles. The number of benzene rings is 1. The van der Waals surface area contributed by atoms with Gasteiger partial charge in [-0.15, -0.1) is 11.3 Å². The largest absolute Gasteiger partial charge is 0.383 e. The smallest absolute Gasteiger partial charge is 0.275 e. The molecule has 37 heavy (non-hydrogen) atoms. The van der Waals surface area contributed by atoms with E-state index in [1.54, 1.807) is 25.7 Å². The van der Waals surface area contributed by atoms with Crippen LogP contribution in [-0.2, 0) is 20.8 Å². The Morgan fingerprint density at radius 1 is 1.24 bits per heavy atom. The van der Waals surface area contributed by atoms with Crippen LogP contribution in [0.2, 0.25) is 0 Å². The zero-order valence-corrected chi connectivity index (χ0v) is 22.9. The first-order valence-corrected chi connectivity index (χ1v) is 13.5. The number of nitrogens with one attached hydrogen (secondary N) is 2. The van der Waals surface area contributed by atoms with E-state index in [0.717, 1.165) is 36.8 Å². The van der Waals surface area contributed by atoms with Crippen molar-refractivity contribution >= 4 is 34.0 Å². The lowest BCUT2D eigenvalue weighted by Crippen LogP contribution is -2.52. The Bertz CT molecular complexity index is 1090. The first-order chi connectivity index (χ1) is 17.8. The lowest BCUT2D eigenvalue weighted by atomic mass is 10.00. The third-order valence-corrected chi connectivity index (χ3v) is 7.73. The third-order valence-electron chi connectivity index (χ3n) is 6.83. The molecule has 10 nitrogen and oxygen atoms in total. The first kappa shape index (κ1) is 27.5. The van der Waals surface area contributed by atoms with Crippen LogP contribution >= 0.6 is 11.3 Å². The normalized spacial score (nSPS) is 19.7. The molecular weight excluding hydrogens is 494 g/mol. The minimum atomic E-state index is -0.349. The molecular formula is C26H37N5O5S. The molecule has 0 bridgehead atoms. The van der Waals surface area contributed by atoms with E-state index < -0.39 is 0 Å². The Kier molecular flexibility index (Phi) is 9.14. The Hall–Kier alpha value is -2.57. The monoisotopic (exact) mass is 531 g/mol. The maximum atomic E-state index is 13.1. The van der Waals surface area contributed by atoms with Gasteiger partial charge in [0, 0.05) is 57.9 Å². The van der Waals surface area contributed by atoms with Crippen molar-refractivity contribution in [2.75, 3.05) is 70.4 Å². The predicted molar refractivity (Wildman–Crippen MR) is 144 cm³/mol. The van der Waals surface area contributed by atoms with Gasteiger partial charge in [0.05, 0.1) is 37.2 Å². The molecule has 2 saturated heterocycles. The molecule has 0 spiro atoms. The van der Waals surface area contributed by atoms with Crippen LogP contribution in [-0.4, -0.2) is 93.6 Å². The zero-order valence-electron chi connectivity index (χ0n) is 22.0. The number of carbonyl (C=O) groups excluding carboxylic acids is 2. The molecule has 0 radical (unpaired) electrons. The van der Waals surface area contributed by atoms with Gasteiger partial charge in [-0.2, -0.15) is 0 Å². The molecule has 2 aliphatic heterocycles. The number of rotatable bonds is 10. The predicted octanol–water partition coefficient (Wildman–Crippen LogP) is 2.61. The second kappa shape index (κ2) is 12.3. The van der Waals surface area contributed by atoms with Crippen LogP contribution in [0.1, 0.15) is 46.7 Å². The summed E-state index contributed by atoms with van der Waals surface area (Å²) in [6, 6.07) is 5.60. The van der Waals surface area contributed by atoms with Crippen molar-refractivity contribution in [1.82, 2.24) is 15.2 Å². The van der Waals surface area contributed by atoms with Crippen molar-refractivity contribution in [2.45, 2.75) is 38.5 Å². The Morgan fingerprint density at radius 2 is 2.08 bits per heavy atom. The van der Waals surface area contributed by atoms with E-state index in [2.05, 4.69) is 39.3 Å². The fourth-order valence-electron chi connectivity index (χ4n) is 4.55. The second-order valence-corrected chi connectivity index (χ2v) is 10.8. The van der Waals surface area contributed by atoms with E-state index in [4.69, 9.17) is 14.2 Å². The Labute approximate surface area is 222 Å². The highest BCUT2D eigenvalue weighted by Crippen LogP contribution is 2.27. The van der Waals surface area contributed by atoms with Crippen molar-refractivity contribution in [3.8, 4) is 0 Å². The van der Waals surface area contributed by atoms with Crippen LogP contribution in [0.25, 0.3) is 0 Å². The number of thiazole rings is 1. The van der Waals surface area contributed by atoms with Crippen molar-refractivity contribution in [3.05, 3.63) is 40.4 Å². The SMILES string of the molecule is COCCNC(=O)c1cc(CN2CCOCC2(C)C)ccc1NC(=O)c1csc(N2CC[C@H](OC)C2)n1. The van der Waals surface area contributed by atoms with Crippen LogP contribution in [0.3, 0.4) is 0 Å². The number of hydrogen-bond donors (Lipinski definition) is 2. The number of nitrogens with zero attached hydrogens (tertiary/aromatic N) is 3. The molecule has 0 unspecified atom stereocenters. The van der Waals surface area contributed by atoms with Crippen LogP contribution in [0, 0.1) is 0 Å². The Balaban J connectivity index is 1.51. The number of aromatic nitrogens is 1. The molecule has 2 aliphatic rings. The Morgan fingerprint density at radius 3 is 2.81 bits per heavy atom. The minimum Gasteiger partial charge on any atom is -0.383 e. The molecule has 2 amide bonds. The summed E-state index contributed by atoms with van der Waals surface area (Å²) in [5.74, 6) is -0.616. The summed E-state index contributed by atoms with van der Waals surface area (Å²) in [6.07, 6.45) is 1.12. The van der Waals surface area contributed by atoms with Crippen molar-refractivity contribution in [1.29, 1.82) is 0 Å². The average Bonchev–Trinajstić information content (AvgIpc) is 3.56. The summed E-state index contributed by atoms with van der Waals surface area (Å²) in [6.45, 7) is 9.52. The quantitative estimate of drug-likeness (QED) is 0.451. The van der Waals surface area contributed by atoms with Gasteiger partial charge in [0.2, 0.25) is 0 Å². The molecule has 2 aromatic rings. The van der Waals surface area contributed by atoms with Crippen LogP contribution in [0.15, 0.2) is 23.6 Å². The summed E-state index contributed by atoms with van der Waals surface area (Å²) < 4.78 is 16.1. The summed E-state index contributed by atoms with van der Waals surface area (Å²) in [5.41, 5.74) is 2.06. The standard InChI is InChI=1S/C26H37N5O5S/c1-26(2)17-36-12-10-31(26)14-18-5-6-21(20(13-18)23(32)27-8-11-34-3)28-24(33)22-16-37-25(29-22)30-9-7-19(15-30)35-4/h5-6,13,16,19H,7-12,14-15,17H2,1-4H3,(H,27,32)(H,28,33)/t19-/m0/s1. The fourth-order valence-corrected chi connectivity index (χ4v) is 5.39. The molecule has 4 rings (SSSR count). The number of ether oxygens (including phenoxy) is 3. The molecule has 1 aromatic heterocycles. The van der Waals surface area contributed by atoms with Gasteiger partial charge in [0.15, 0.2) is 5.13 Å². The summed E-state index contributed by atoms with van der Waals surface area (Å²) in [7, 11) is 3.30. The average molecular weight is 532 g/mol. The van der Waals surface area contributed by atoms with Crippen LogP contribution in [0.5, 0.6) is 0 Å². The van der Waals surface area contributed by atoms with E-state index in [-0.39, 0.29) is 23.5 Å². The molecule has 3 heterocycles. The van der Waals surface area contributed by atoms with Gasteiger partial charge in [-0.3, -0.25) is 14.5 Å². The number of methoxy groups -OCH3 is 2. The highest BCUT2D eigenvalue weighted by Gasteiger charge is 2.31. The van der Waals surface area contributed by atoms with E-state index in [1.807, 2.05) is 12.1 Å². The summed E-state index contributed by atoms with van der Waals surface area (Å²) in [4.78, 5) is 35.2. The first-order valence-electron chi connectivity index (χ1n) is 12.6. The number of anilines is 2. The lowest BCUT2D eigenvalue weighted by molar-refractivity contribution is -0.0552. The number of carbonyl (C=O) groups is 2. The molecule has 2 fully saturated rings. The summed E-state index contributed by atoms with van der Waals surface area (Å²) >= 11 is 1.43. The van der Waals surface area contributed by atoms with Gasteiger partial charge in [-0.05, 0) is 38.0 Å². The maximum absolute atomic E-state index is 13.1. The molecule has 2 N–H and O–H groups in total. The van der Waals surface area contributed by atoms with E-state index in [1.165, 1.54) is 11.3 Å². The second-order valence-electron chi connectivity index (χ2n) is 9.98. The van der Waals surface area contributed by atoms with Gasteiger partial charge >= 0.3 is 0 Å². The molecule has 11 heteroatoms. The molecule has 1 aromatic carbocycles. The van der Waals surface area contributed by atoms with Gasteiger partial charge in [0.1, 0.15) is 5.69 Å². The zero-order chi connectivity index (χ0) is 26.4. The molecule has 202 valence electrons. The van der Waals surface area contributed by atoms with E-state index >= 15 is 0 Å². The van der Waals surface area contributed by atoms with E-state index in [9.17, 15) is 9.59 Å². The minimum absolute atomic E-state index is 0.104. The van der Waals surface area contributed by atoms with E-state index in [0.29, 0.717) is 49.9 Å². The van der Waals surface area contributed by atoms with Gasteiger partial charge in [-0.25, -0.2) is 4.98 Å². The topological polar surface area (TPSA) is 105 Å². The fraction of sp³-hybridized carbons (Fsp3) is 0.577. The number of morpholine rings is 1. The number of amides is 2. The number of hydrogen-bond acceptors (Lipinski definition) is 9. The van der Waals surface area contributed by atoms with Gasteiger partial charge in [-0.1, -0.05) is 6.07 Å².